The van der Waals surface area contributed by atoms with Gasteiger partial charge in [0.05, 0.1) is 27.9 Å². The van der Waals surface area contributed by atoms with Gasteiger partial charge in [-0.1, -0.05) is 6.92 Å². The number of hydrogen-bond acceptors (Lipinski definition) is 6. The van der Waals surface area contributed by atoms with E-state index in [2.05, 4.69) is 25.6 Å². The number of amides is 2. The van der Waals surface area contributed by atoms with Crippen molar-refractivity contribution in [1.29, 1.82) is 0 Å². The molecule has 3 rings (SSSR count). The molecule has 0 spiro atoms. The SMILES string of the molecule is CCS(=O)(=O)c1ccc(NC(=O)NC(C)C)nc1-c1nc2cc(C(F)(F)F)ncc2n1C. The number of imidazole rings is 1. The Hall–Kier alpha value is -3.22. The maximum Gasteiger partial charge on any atom is 0.433 e. The van der Waals surface area contributed by atoms with E-state index in [9.17, 15) is 26.4 Å². The smallest absolute Gasteiger partial charge is 0.336 e. The molecule has 9 nitrogen and oxygen atoms in total. The van der Waals surface area contributed by atoms with Crippen LogP contribution < -0.4 is 10.6 Å². The molecule has 0 bridgehead atoms. The Bertz CT molecular complexity index is 1290. The minimum atomic E-state index is -4.66. The largest absolute Gasteiger partial charge is 0.433 e. The molecule has 0 aliphatic carbocycles. The Kier molecular flexibility index (Phi) is 6.13. The molecule has 172 valence electrons. The van der Waals surface area contributed by atoms with Crippen molar-refractivity contribution in [1.82, 2.24) is 24.8 Å². The first-order chi connectivity index (χ1) is 14.8. The molecule has 0 fully saturated rings. The summed E-state index contributed by atoms with van der Waals surface area (Å²) in [5, 5.41) is 5.12. The zero-order chi connectivity index (χ0) is 23.8. The van der Waals surface area contributed by atoms with Crippen LogP contribution in [0.4, 0.5) is 23.8 Å². The molecule has 0 saturated carbocycles. The van der Waals surface area contributed by atoms with Crippen LogP contribution in [0.15, 0.2) is 29.3 Å². The first-order valence-electron chi connectivity index (χ1n) is 9.55. The third kappa shape index (κ3) is 4.66. The molecule has 0 radical (unpaired) electrons. The van der Waals surface area contributed by atoms with Crippen LogP contribution in [0.1, 0.15) is 26.5 Å². The maximum atomic E-state index is 13.0. The number of nitrogens with one attached hydrogen (secondary N) is 2. The number of halogens is 3. The second-order valence-electron chi connectivity index (χ2n) is 7.25. The lowest BCUT2D eigenvalue weighted by Crippen LogP contribution is -2.34. The Balaban J connectivity index is 2.19. The van der Waals surface area contributed by atoms with E-state index in [-0.39, 0.29) is 45.1 Å². The van der Waals surface area contributed by atoms with Gasteiger partial charge in [-0.05, 0) is 32.0 Å². The van der Waals surface area contributed by atoms with E-state index < -0.39 is 27.7 Å². The number of nitrogens with zero attached hydrogens (tertiary/aromatic N) is 4. The van der Waals surface area contributed by atoms with Crippen LogP contribution in [-0.2, 0) is 23.1 Å². The topological polar surface area (TPSA) is 119 Å². The average molecular weight is 470 g/mol. The van der Waals surface area contributed by atoms with Gasteiger partial charge in [0, 0.05) is 13.1 Å². The molecule has 0 unspecified atom stereocenters. The van der Waals surface area contributed by atoms with Crippen LogP contribution in [0.2, 0.25) is 0 Å². The normalized spacial score (nSPS) is 12.4. The van der Waals surface area contributed by atoms with Crippen LogP contribution in [0.3, 0.4) is 0 Å². The summed E-state index contributed by atoms with van der Waals surface area (Å²) in [6.07, 6.45) is -3.64. The molecule has 3 heterocycles. The lowest BCUT2D eigenvalue weighted by atomic mass is 10.3. The standard InChI is InChI=1S/C19H21F3N6O3S/c1-5-32(30,31)13-6-7-15(27-18(29)24-10(2)3)26-16(13)17-25-11-8-14(19(20,21)22)23-9-12(11)28(17)4/h6-10H,5H2,1-4H3,(H2,24,26,27,29). The summed E-state index contributed by atoms with van der Waals surface area (Å²) in [7, 11) is -2.26. The highest BCUT2D eigenvalue weighted by Gasteiger charge is 2.33. The van der Waals surface area contributed by atoms with Gasteiger partial charge < -0.3 is 9.88 Å². The van der Waals surface area contributed by atoms with Gasteiger partial charge >= 0.3 is 12.2 Å². The highest BCUT2D eigenvalue weighted by molar-refractivity contribution is 7.91. The van der Waals surface area contributed by atoms with E-state index in [1.165, 1.54) is 30.7 Å². The van der Waals surface area contributed by atoms with Crippen LogP contribution in [0, 0.1) is 0 Å². The fourth-order valence-corrected chi connectivity index (χ4v) is 3.97. The third-order valence-corrected chi connectivity index (χ3v) is 6.26. The summed E-state index contributed by atoms with van der Waals surface area (Å²) in [6, 6.07) is 2.70. The number of pyridine rings is 2. The minimum Gasteiger partial charge on any atom is -0.336 e. The van der Waals surface area contributed by atoms with Crippen molar-refractivity contribution in [3.8, 4) is 11.5 Å². The van der Waals surface area contributed by atoms with Crippen molar-refractivity contribution in [3.63, 3.8) is 0 Å². The molecule has 3 aromatic rings. The molecule has 13 heteroatoms. The Labute approximate surface area is 182 Å². The molecule has 2 amide bonds. The summed E-state index contributed by atoms with van der Waals surface area (Å²) < 4.78 is 65.8. The number of carbonyl (C=O) groups is 1. The van der Waals surface area contributed by atoms with Crippen molar-refractivity contribution < 1.29 is 26.4 Å². The third-order valence-electron chi connectivity index (χ3n) is 4.50. The van der Waals surface area contributed by atoms with Gasteiger partial charge in [0.1, 0.15) is 17.2 Å². The Morgan fingerprint density at radius 3 is 2.50 bits per heavy atom. The number of fused-ring (bicyclic) bond motifs is 1. The zero-order valence-corrected chi connectivity index (χ0v) is 18.5. The molecule has 0 aromatic carbocycles. The molecule has 0 atom stereocenters. The van der Waals surface area contributed by atoms with Crippen LogP contribution in [-0.4, -0.2) is 45.8 Å². The number of anilines is 1. The lowest BCUT2D eigenvalue weighted by Gasteiger charge is -2.13. The van der Waals surface area contributed by atoms with Crippen molar-refractivity contribution in [3.05, 3.63) is 30.1 Å². The molecular formula is C19H21F3N6O3S. The van der Waals surface area contributed by atoms with Crippen molar-refractivity contribution in [2.45, 2.75) is 37.9 Å². The fraction of sp³-hybridized carbons (Fsp3) is 0.368. The van der Waals surface area contributed by atoms with Crippen molar-refractivity contribution in [2.24, 2.45) is 7.05 Å². The number of rotatable bonds is 5. The quantitative estimate of drug-likeness (QED) is 0.590. The molecule has 3 aromatic heterocycles. The highest BCUT2D eigenvalue weighted by atomic mass is 32.2. The Morgan fingerprint density at radius 2 is 1.91 bits per heavy atom. The number of alkyl halides is 3. The van der Waals surface area contributed by atoms with Crippen LogP contribution >= 0.6 is 0 Å². The van der Waals surface area contributed by atoms with Gasteiger partial charge in [-0.15, -0.1) is 0 Å². The number of aromatic nitrogens is 4. The first kappa shape index (κ1) is 23.4. The molecule has 0 aliphatic heterocycles. The maximum absolute atomic E-state index is 13.0. The van der Waals surface area contributed by atoms with Gasteiger partial charge in [-0.2, -0.15) is 13.2 Å². The second kappa shape index (κ2) is 8.37. The first-order valence-corrected chi connectivity index (χ1v) is 11.2. The summed E-state index contributed by atoms with van der Waals surface area (Å²) in [6.45, 7) is 4.98. The number of urea groups is 1. The molecule has 0 aliphatic rings. The van der Waals surface area contributed by atoms with E-state index in [1.54, 1.807) is 13.8 Å². The molecular weight excluding hydrogens is 449 g/mol. The number of hydrogen-bond donors (Lipinski definition) is 2. The van der Waals surface area contributed by atoms with E-state index in [0.717, 1.165) is 12.3 Å². The summed E-state index contributed by atoms with van der Waals surface area (Å²) in [4.78, 5) is 23.8. The van der Waals surface area contributed by atoms with E-state index >= 15 is 0 Å². The predicted molar refractivity (Wildman–Crippen MR) is 112 cm³/mol. The monoisotopic (exact) mass is 470 g/mol. The predicted octanol–water partition coefficient (Wildman–Crippen LogP) is 3.37. The number of sulfone groups is 1. The molecule has 0 saturated heterocycles. The zero-order valence-electron chi connectivity index (χ0n) is 17.6. The van der Waals surface area contributed by atoms with Gasteiger partial charge in [0.25, 0.3) is 0 Å². The molecule has 2 N–H and O–H groups in total. The van der Waals surface area contributed by atoms with Gasteiger partial charge in [-0.25, -0.2) is 28.2 Å². The summed E-state index contributed by atoms with van der Waals surface area (Å²) in [5.74, 6) is -0.165. The van der Waals surface area contributed by atoms with E-state index in [1.807, 2.05) is 0 Å². The summed E-state index contributed by atoms with van der Waals surface area (Å²) >= 11 is 0. The molecule has 32 heavy (non-hydrogen) atoms. The van der Waals surface area contributed by atoms with Crippen LogP contribution in [0.5, 0.6) is 0 Å². The van der Waals surface area contributed by atoms with Crippen molar-refractivity contribution in [2.75, 3.05) is 11.1 Å². The lowest BCUT2D eigenvalue weighted by molar-refractivity contribution is -0.141. The van der Waals surface area contributed by atoms with Crippen molar-refractivity contribution >= 4 is 32.7 Å². The Morgan fingerprint density at radius 1 is 1.22 bits per heavy atom. The highest BCUT2D eigenvalue weighted by Crippen LogP contribution is 2.32. The number of aryl methyl sites for hydroxylation is 1. The fourth-order valence-electron chi connectivity index (χ4n) is 2.95. The van der Waals surface area contributed by atoms with Gasteiger partial charge in [-0.3, -0.25) is 5.32 Å². The van der Waals surface area contributed by atoms with Gasteiger partial charge in [0.2, 0.25) is 0 Å². The summed E-state index contributed by atoms with van der Waals surface area (Å²) in [5.41, 5.74) is -0.987. The number of carbonyl (C=O) groups excluding carboxylic acids is 1. The minimum absolute atomic E-state index is 0.0149. The average Bonchev–Trinajstić information content (AvgIpc) is 3.02. The van der Waals surface area contributed by atoms with E-state index in [0.29, 0.717) is 0 Å². The second-order valence-corrected chi connectivity index (χ2v) is 9.50. The van der Waals surface area contributed by atoms with Gasteiger partial charge in [0.15, 0.2) is 15.7 Å². The van der Waals surface area contributed by atoms with E-state index in [4.69, 9.17) is 0 Å². The van der Waals surface area contributed by atoms with Crippen LogP contribution in [0.25, 0.3) is 22.6 Å².